The summed E-state index contributed by atoms with van der Waals surface area (Å²) in [6, 6.07) is 0.666. The molecule has 0 aliphatic rings. The third kappa shape index (κ3) is 3.69. The summed E-state index contributed by atoms with van der Waals surface area (Å²) in [5.74, 6) is -0.899. The summed E-state index contributed by atoms with van der Waals surface area (Å²) in [4.78, 5) is 12.7. The lowest BCUT2D eigenvalue weighted by molar-refractivity contribution is -0.276. The summed E-state index contributed by atoms with van der Waals surface area (Å²) in [6.07, 6.45) is -8.08. The molecular formula is C8H5BrF5NO2. The zero-order valence-corrected chi connectivity index (χ0v) is 9.53. The van der Waals surface area contributed by atoms with Crippen molar-refractivity contribution < 1.29 is 26.7 Å². The zero-order valence-electron chi connectivity index (χ0n) is 7.95. The van der Waals surface area contributed by atoms with Crippen LogP contribution in [0.4, 0.5) is 22.0 Å². The molecule has 96 valence electrons. The van der Waals surface area contributed by atoms with Gasteiger partial charge in [-0.2, -0.15) is 0 Å². The van der Waals surface area contributed by atoms with Gasteiger partial charge in [0.15, 0.2) is 0 Å². The number of aromatic amines is 1. The van der Waals surface area contributed by atoms with Crippen molar-refractivity contribution in [1.29, 1.82) is 0 Å². The fourth-order valence-electron chi connectivity index (χ4n) is 1.04. The van der Waals surface area contributed by atoms with E-state index >= 15 is 0 Å². The van der Waals surface area contributed by atoms with E-state index in [4.69, 9.17) is 0 Å². The molecule has 0 bridgehead atoms. The van der Waals surface area contributed by atoms with E-state index in [1.807, 2.05) is 0 Å². The molecule has 9 heteroatoms. The molecule has 0 unspecified atom stereocenters. The Morgan fingerprint density at radius 3 is 2.41 bits per heavy atom. The number of alkyl halides is 6. The van der Waals surface area contributed by atoms with Crippen LogP contribution in [0.5, 0.6) is 5.88 Å². The first-order valence-electron chi connectivity index (χ1n) is 4.10. The molecule has 17 heavy (non-hydrogen) atoms. The van der Waals surface area contributed by atoms with Gasteiger partial charge in [-0.1, -0.05) is 15.9 Å². The van der Waals surface area contributed by atoms with E-state index in [2.05, 4.69) is 20.7 Å². The second-order valence-electron chi connectivity index (χ2n) is 2.89. The van der Waals surface area contributed by atoms with E-state index in [9.17, 15) is 26.7 Å². The van der Waals surface area contributed by atoms with Crippen LogP contribution in [0.2, 0.25) is 0 Å². The minimum absolute atomic E-state index is 0.172. The number of H-pyrrole nitrogens is 1. The lowest BCUT2D eigenvalue weighted by Crippen LogP contribution is -2.23. The van der Waals surface area contributed by atoms with E-state index in [1.54, 1.807) is 4.98 Å². The molecule has 0 fully saturated rings. The van der Waals surface area contributed by atoms with Gasteiger partial charge in [-0.25, -0.2) is 8.78 Å². The van der Waals surface area contributed by atoms with Crippen molar-refractivity contribution in [1.82, 2.24) is 4.98 Å². The largest absolute Gasteiger partial charge is 0.574 e. The summed E-state index contributed by atoms with van der Waals surface area (Å²) in [6.45, 7) is 0. The summed E-state index contributed by atoms with van der Waals surface area (Å²) in [5, 5.41) is -0.172. The Kier molecular flexibility index (Phi) is 4.12. The molecule has 0 amide bonds. The number of hydrogen-bond donors (Lipinski definition) is 1. The Morgan fingerprint density at radius 2 is 2.00 bits per heavy atom. The van der Waals surface area contributed by atoms with E-state index in [0.29, 0.717) is 6.07 Å². The Labute approximate surface area is 99.7 Å². The molecule has 0 saturated heterocycles. The number of hydrogen-bond acceptors (Lipinski definition) is 2. The quantitative estimate of drug-likeness (QED) is 0.686. The van der Waals surface area contributed by atoms with Gasteiger partial charge in [-0.05, 0) is 6.07 Å². The van der Waals surface area contributed by atoms with Crippen LogP contribution >= 0.6 is 15.9 Å². The van der Waals surface area contributed by atoms with Crippen LogP contribution in [0.25, 0.3) is 0 Å². The van der Waals surface area contributed by atoms with Crippen molar-refractivity contribution in [2.24, 2.45) is 0 Å². The highest BCUT2D eigenvalue weighted by atomic mass is 79.9. The molecule has 0 saturated carbocycles. The van der Waals surface area contributed by atoms with Crippen LogP contribution in [0.1, 0.15) is 17.6 Å². The summed E-state index contributed by atoms with van der Waals surface area (Å²) < 4.78 is 64.0. The summed E-state index contributed by atoms with van der Waals surface area (Å²) in [5.41, 5.74) is -2.45. The lowest BCUT2D eigenvalue weighted by Gasteiger charge is -2.12. The number of ether oxygens (including phenoxy) is 1. The Morgan fingerprint density at radius 1 is 1.41 bits per heavy atom. The van der Waals surface area contributed by atoms with Gasteiger partial charge in [-0.15, -0.1) is 13.2 Å². The number of rotatable bonds is 3. The van der Waals surface area contributed by atoms with Gasteiger partial charge >= 0.3 is 6.36 Å². The molecule has 1 aromatic rings. The standard InChI is InChI=1S/C8H5BrF5NO2/c9-2-3-1-4(5(10)11)6(16)15-7(3)17-8(12,13)14/h1,5H,2H2,(H,15,16). The third-order valence-electron chi connectivity index (χ3n) is 1.71. The molecule has 0 radical (unpaired) electrons. The highest BCUT2D eigenvalue weighted by Crippen LogP contribution is 2.27. The van der Waals surface area contributed by atoms with E-state index in [-0.39, 0.29) is 10.9 Å². The van der Waals surface area contributed by atoms with Crippen molar-refractivity contribution >= 4 is 15.9 Å². The van der Waals surface area contributed by atoms with E-state index in [0.717, 1.165) is 0 Å². The molecule has 1 heterocycles. The zero-order chi connectivity index (χ0) is 13.2. The molecule has 0 atom stereocenters. The van der Waals surface area contributed by atoms with Crippen molar-refractivity contribution in [3.8, 4) is 5.88 Å². The van der Waals surface area contributed by atoms with Crippen molar-refractivity contribution in [2.45, 2.75) is 18.1 Å². The van der Waals surface area contributed by atoms with E-state index in [1.165, 1.54) is 0 Å². The van der Waals surface area contributed by atoms with Crippen LogP contribution in [0.3, 0.4) is 0 Å². The topological polar surface area (TPSA) is 42.1 Å². The second-order valence-corrected chi connectivity index (χ2v) is 3.45. The van der Waals surface area contributed by atoms with Crippen molar-refractivity contribution in [3.05, 3.63) is 27.5 Å². The first-order valence-corrected chi connectivity index (χ1v) is 5.22. The second kappa shape index (κ2) is 5.03. The number of pyridine rings is 1. The predicted octanol–water partition coefficient (Wildman–Crippen LogP) is 3.11. The van der Waals surface area contributed by atoms with Crippen LogP contribution in [-0.2, 0) is 5.33 Å². The van der Waals surface area contributed by atoms with Crippen LogP contribution in [0, 0.1) is 0 Å². The minimum atomic E-state index is -5.01. The van der Waals surface area contributed by atoms with Gasteiger partial charge in [0.1, 0.15) is 0 Å². The molecule has 0 aliphatic carbocycles. The molecule has 0 aromatic carbocycles. The van der Waals surface area contributed by atoms with Crippen molar-refractivity contribution in [2.75, 3.05) is 0 Å². The molecule has 1 aromatic heterocycles. The maximum absolute atomic E-state index is 12.3. The maximum atomic E-state index is 12.3. The number of nitrogens with one attached hydrogen (secondary N) is 1. The van der Waals surface area contributed by atoms with Gasteiger partial charge in [0.2, 0.25) is 5.88 Å². The number of halogens is 6. The smallest absolute Gasteiger partial charge is 0.390 e. The average molecular weight is 322 g/mol. The van der Waals surface area contributed by atoms with Gasteiger partial charge in [-0.3, -0.25) is 9.78 Å². The minimum Gasteiger partial charge on any atom is -0.390 e. The molecule has 0 aliphatic heterocycles. The average Bonchev–Trinajstić information content (AvgIpc) is 2.14. The van der Waals surface area contributed by atoms with Crippen molar-refractivity contribution in [3.63, 3.8) is 0 Å². The highest BCUT2D eigenvalue weighted by Gasteiger charge is 2.33. The molecule has 0 spiro atoms. The monoisotopic (exact) mass is 321 g/mol. The SMILES string of the molecule is O=c1[nH]c(OC(F)(F)F)c(CBr)cc1C(F)F. The third-order valence-corrected chi connectivity index (χ3v) is 2.31. The first kappa shape index (κ1) is 13.9. The number of aromatic nitrogens is 1. The van der Waals surface area contributed by atoms with Gasteiger partial charge in [0.25, 0.3) is 12.0 Å². The van der Waals surface area contributed by atoms with Gasteiger partial charge < -0.3 is 4.74 Å². The lowest BCUT2D eigenvalue weighted by atomic mass is 10.2. The predicted molar refractivity (Wildman–Crippen MR) is 51.3 cm³/mol. The van der Waals surface area contributed by atoms with Crippen LogP contribution < -0.4 is 10.3 Å². The summed E-state index contributed by atoms with van der Waals surface area (Å²) >= 11 is 2.81. The molecule has 3 nitrogen and oxygen atoms in total. The van der Waals surface area contributed by atoms with E-state index < -0.39 is 29.8 Å². The normalized spacial score (nSPS) is 11.9. The fraction of sp³-hybridized carbons (Fsp3) is 0.375. The molecule has 1 rings (SSSR count). The van der Waals surface area contributed by atoms with Gasteiger partial charge in [0.05, 0.1) is 5.56 Å². The molecule has 1 N–H and O–H groups in total. The van der Waals surface area contributed by atoms with Crippen LogP contribution in [0.15, 0.2) is 10.9 Å². The first-order chi connectivity index (χ1) is 7.74. The Bertz CT molecular complexity index is 456. The molecular weight excluding hydrogens is 317 g/mol. The Balaban J connectivity index is 3.24. The Hall–Kier alpha value is -1.12. The highest BCUT2D eigenvalue weighted by molar-refractivity contribution is 9.08. The van der Waals surface area contributed by atoms with Gasteiger partial charge in [0, 0.05) is 10.9 Å². The summed E-state index contributed by atoms with van der Waals surface area (Å²) in [7, 11) is 0. The van der Waals surface area contributed by atoms with Crippen LogP contribution in [-0.4, -0.2) is 11.3 Å². The fourth-order valence-corrected chi connectivity index (χ4v) is 1.46. The maximum Gasteiger partial charge on any atom is 0.574 e.